The van der Waals surface area contributed by atoms with Gasteiger partial charge in [-0.3, -0.25) is 19.5 Å². The molecule has 11 heteroatoms. The third-order valence-electron chi connectivity index (χ3n) is 7.83. The van der Waals surface area contributed by atoms with Crippen molar-refractivity contribution in [3.63, 3.8) is 0 Å². The zero-order valence-corrected chi connectivity index (χ0v) is 27.2. The number of carbonyl (C=O) groups is 3. The van der Waals surface area contributed by atoms with E-state index in [4.69, 9.17) is 37.7 Å². The summed E-state index contributed by atoms with van der Waals surface area (Å²) in [6.45, 7) is 6.06. The van der Waals surface area contributed by atoms with E-state index >= 15 is 0 Å². The number of hydrogen-bond donors (Lipinski definition) is 0. The van der Waals surface area contributed by atoms with E-state index < -0.39 is 12.1 Å². The standard InChI is InChI=1S/C34H36Cl2N4O5/c1-5-26(41)19-38-16-17-39(20-30(38)42)34(43)40-32(23-8-12-25(36)13-9-23)31(22-6-10-24(35)11-7-22)37-33(40)28-15-14-27(45-21(2)3)18-29(28)44-4/h6-15,18,21,31-32H,5,16-17,19-20H2,1-4H3. The van der Waals surface area contributed by atoms with Gasteiger partial charge in [0.25, 0.3) is 0 Å². The number of halogens is 2. The molecule has 3 amide bonds. The predicted molar refractivity (Wildman–Crippen MR) is 174 cm³/mol. The number of piperazine rings is 1. The molecular weight excluding hydrogens is 615 g/mol. The smallest absolute Gasteiger partial charge is 0.326 e. The molecule has 2 heterocycles. The zero-order chi connectivity index (χ0) is 32.2. The van der Waals surface area contributed by atoms with Crippen LogP contribution in [0.1, 0.15) is 56.0 Å². The maximum Gasteiger partial charge on any atom is 0.326 e. The van der Waals surface area contributed by atoms with Crippen LogP contribution in [0.15, 0.2) is 71.7 Å². The molecule has 45 heavy (non-hydrogen) atoms. The minimum absolute atomic E-state index is 0.0253. The second-order valence-corrected chi connectivity index (χ2v) is 12.1. The van der Waals surface area contributed by atoms with Gasteiger partial charge in [-0.15, -0.1) is 0 Å². The molecule has 9 nitrogen and oxygen atoms in total. The number of rotatable bonds is 9. The van der Waals surface area contributed by atoms with Crippen LogP contribution in [0, 0.1) is 0 Å². The quantitative estimate of drug-likeness (QED) is 0.261. The fourth-order valence-corrected chi connectivity index (χ4v) is 5.82. The number of ketones is 1. The predicted octanol–water partition coefficient (Wildman–Crippen LogP) is 6.58. The topological polar surface area (TPSA) is 91.8 Å². The Balaban J connectivity index is 1.61. The summed E-state index contributed by atoms with van der Waals surface area (Å²) in [6, 6.07) is 18.7. The van der Waals surface area contributed by atoms with Gasteiger partial charge in [0.2, 0.25) is 5.91 Å². The summed E-state index contributed by atoms with van der Waals surface area (Å²) in [5.41, 5.74) is 2.25. The van der Waals surface area contributed by atoms with E-state index in [9.17, 15) is 14.4 Å². The van der Waals surface area contributed by atoms with E-state index in [1.54, 1.807) is 49.3 Å². The minimum atomic E-state index is -0.586. The van der Waals surface area contributed by atoms with Gasteiger partial charge < -0.3 is 19.3 Å². The summed E-state index contributed by atoms with van der Waals surface area (Å²) in [4.78, 5) is 49.7. The van der Waals surface area contributed by atoms with E-state index in [0.717, 1.165) is 11.1 Å². The van der Waals surface area contributed by atoms with Crippen LogP contribution in [0.3, 0.4) is 0 Å². The Morgan fingerprint density at radius 2 is 1.60 bits per heavy atom. The Morgan fingerprint density at radius 1 is 0.956 bits per heavy atom. The van der Waals surface area contributed by atoms with E-state index in [2.05, 4.69) is 0 Å². The maximum absolute atomic E-state index is 14.6. The molecular formula is C34H36Cl2N4O5. The summed E-state index contributed by atoms with van der Waals surface area (Å²) in [5, 5.41) is 1.14. The Hall–Kier alpha value is -4.08. The van der Waals surface area contributed by atoms with Crippen molar-refractivity contribution in [1.29, 1.82) is 0 Å². The third-order valence-corrected chi connectivity index (χ3v) is 8.34. The average Bonchev–Trinajstić information content (AvgIpc) is 3.42. The van der Waals surface area contributed by atoms with E-state index in [1.165, 1.54) is 9.80 Å². The molecule has 5 rings (SSSR count). The number of Topliss-reactive ketones (excluding diaryl/α,β-unsaturated/α-hetero) is 1. The van der Waals surface area contributed by atoms with E-state index in [0.29, 0.717) is 39.4 Å². The number of carbonyl (C=O) groups excluding carboxylic acids is 3. The lowest BCUT2D eigenvalue weighted by Gasteiger charge is -2.38. The van der Waals surface area contributed by atoms with Crippen molar-refractivity contribution in [1.82, 2.24) is 14.7 Å². The van der Waals surface area contributed by atoms with Crippen LogP contribution in [0.25, 0.3) is 0 Å². The van der Waals surface area contributed by atoms with Crippen molar-refractivity contribution in [3.8, 4) is 11.5 Å². The molecule has 2 aliphatic rings. The van der Waals surface area contributed by atoms with Gasteiger partial charge in [-0.1, -0.05) is 54.4 Å². The molecule has 0 radical (unpaired) electrons. The first-order valence-electron chi connectivity index (χ1n) is 14.9. The van der Waals surface area contributed by atoms with Gasteiger partial charge in [0.15, 0.2) is 5.78 Å². The molecule has 3 aromatic carbocycles. The normalized spacial score (nSPS) is 18.3. The number of ether oxygens (including phenoxy) is 2. The molecule has 0 aliphatic carbocycles. The zero-order valence-electron chi connectivity index (χ0n) is 25.7. The van der Waals surface area contributed by atoms with Crippen LogP contribution >= 0.6 is 23.2 Å². The monoisotopic (exact) mass is 650 g/mol. The Kier molecular flexibility index (Phi) is 9.99. The first-order valence-corrected chi connectivity index (χ1v) is 15.7. The van der Waals surface area contributed by atoms with Crippen LogP contribution in [-0.2, 0) is 9.59 Å². The number of methoxy groups -OCH3 is 1. The molecule has 2 unspecified atom stereocenters. The highest BCUT2D eigenvalue weighted by Crippen LogP contribution is 2.45. The molecule has 1 saturated heterocycles. The van der Waals surface area contributed by atoms with Crippen molar-refractivity contribution < 1.29 is 23.9 Å². The van der Waals surface area contributed by atoms with Gasteiger partial charge in [-0.25, -0.2) is 4.79 Å². The molecule has 0 saturated carbocycles. The molecule has 1 fully saturated rings. The van der Waals surface area contributed by atoms with E-state index in [1.807, 2.05) is 50.2 Å². The van der Waals surface area contributed by atoms with Crippen molar-refractivity contribution in [2.45, 2.75) is 45.4 Å². The number of urea groups is 1. The molecule has 0 aromatic heterocycles. The molecule has 0 N–H and O–H groups in total. The van der Waals surface area contributed by atoms with Crippen LogP contribution < -0.4 is 9.47 Å². The van der Waals surface area contributed by atoms with Crippen LogP contribution in [-0.4, -0.2) is 77.6 Å². The summed E-state index contributed by atoms with van der Waals surface area (Å²) in [5.74, 6) is 1.19. The van der Waals surface area contributed by atoms with Crippen LogP contribution in [0.4, 0.5) is 4.79 Å². The van der Waals surface area contributed by atoms with Crippen molar-refractivity contribution in [3.05, 3.63) is 93.5 Å². The number of amides is 3. The Labute approximate surface area is 273 Å². The molecule has 0 spiro atoms. The lowest BCUT2D eigenvalue weighted by atomic mass is 9.93. The molecule has 236 valence electrons. The van der Waals surface area contributed by atoms with Crippen LogP contribution in [0.2, 0.25) is 10.0 Å². The number of aliphatic imine (C=N–C) groups is 1. The second-order valence-electron chi connectivity index (χ2n) is 11.3. The van der Waals surface area contributed by atoms with Gasteiger partial charge in [0.05, 0.1) is 31.4 Å². The lowest BCUT2D eigenvalue weighted by Crippen LogP contribution is -2.57. The number of amidine groups is 1. The second kappa shape index (κ2) is 13.9. The van der Waals surface area contributed by atoms with Crippen molar-refractivity contribution in [2.24, 2.45) is 4.99 Å². The number of benzene rings is 3. The highest BCUT2D eigenvalue weighted by molar-refractivity contribution is 6.30. The van der Waals surface area contributed by atoms with Gasteiger partial charge in [0.1, 0.15) is 29.9 Å². The Bertz CT molecular complexity index is 1590. The first kappa shape index (κ1) is 32.3. The SMILES string of the molecule is CCC(=O)CN1CCN(C(=O)N2C(c3ccc(OC(C)C)cc3OC)=NC(c3ccc(Cl)cc3)C2c2ccc(Cl)cc2)CC1=O. The highest BCUT2D eigenvalue weighted by Gasteiger charge is 2.45. The van der Waals surface area contributed by atoms with Gasteiger partial charge in [0, 0.05) is 35.6 Å². The summed E-state index contributed by atoms with van der Waals surface area (Å²) in [7, 11) is 1.56. The highest BCUT2D eigenvalue weighted by atomic mass is 35.5. The molecule has 2 atom stereocenters. The van der Waals surface area contributed by atoms with Crippen molar-refractivity contribution >= 4 is 46.8 Å². The Morgan fingerprint density at radius 3 is 2.18 bits per heavy atom. The van der Waals surface area contributed by atoms with Crippen molar-refractivity contribution in [2.75, 3.05) is 33.3 Å². The summed E-state index contributed by atoms with van der Waals surface area (Å²) >= 11 is 12.5. The largest absolute Gasteiger partial charge is 0.496 e. The third kappa shape index (κ3) is 7.10. The molecule has 2 aliphatic heterocycles. The minimum Gasteiger partial charge on any atom is -0.496 e. The maximum atomic E-state index is 14.6. The average molecular weight is 652 g/mol. The number of hydrogen-bond acceptors (Lipinski definition) is 6. The fraction of sp³-hybridized carbons (Fsp3) is 0.353. The molecule has 0 bridgehead atoms. The van der Waals surface area contributed by atoms with Gasteiger partial charge in [-0.2, -0.15) is 0 Å². The van der Waals surface area contributed by atoms with Gasteiger partial charge >= 0.3 is 6.03 Å². The summed E-state index contributed by atoms with van der Waals surface area (Å²) in [6.07, 6.45) is 0.299. The number of nitrogens with zero attached hydrogens (tertiary/aromatic N) is 4. The van der Waals surface area contributed by atoms with Gasteiger partial charge in [-0.05, 0) is 61.4 Å². The first-order chi connectivity index (χ1) is 21.6. The van der Waals surface area contributed by atoms with E-state index in [-0.39, 0.29) is 50.0 Å². The lowest BCUT2D eigenvalue weighted by molar-refractivity contribution is -0.138. The summed E-state index contributed by atoms with van der Waals surface area (Å²) < 4.78 is 11.7. The molecule has 3 aromatic rings. The fourth-order valence-electron chi connectivity index (χ4n) is 5.57. The van der Waals surface area contributed by atoms with Crippen LogP contribution in [0.5, 0.6) is 11.5 Å².